The second-order valence-electron chi connectivity index (χ2n) is 7.22. The highest BCUT2D eigenvalue weighted by molar-refractivity contribution is 5.84. The fourth-order valence-electron chi connectivity index (χ4n) is 3.63. The molecule has 0 unspecified atom stereocenters. The van der Waals surface area contributed by atoms with Crippen LogP contribution >= 0.6 is 0 Å². The highest BCUT2D eigenvalue weighted by Gasteiger charge is 2.35. The summed E-state index contributed by atoms with van der Waals surface area (Å²) in [6.07, 6.45) is 5.66. The van der Waals surface area contributed by atoms with Crippen molar-refractivity contribution in [1.82, 2.24) is 0 Å². The van der Waals surface area contributed by atoms with Gasteiger partial charge in [0, 0.05) is 30.6 Å². The third kappa shape index (κ3) is 2.66. The average Bonchev–Trinajstić information content (AvgIpc) is 2.79. The van der Waals surface area contributed by atoms with E-state index in [1.54, 1.807) is 13.3 Å². The lowest BCUT2D eigenvalue weighted by molar-refractivity contribution is 0.658. The number of aliphatic imine (C=N–C) groups is 1. The van der Waals surface area contributed by atoms with Crippen molar-refractivity contribution in [3.05, 3.63) is 65.4 Å². The fourth-order valence-corrected chi connectivity index (χ4v) is 3.63. The van der Waals surface area contributed by atoms with Gasteiger partial charge in [0.1, 0.15) is 0 Å². The Kier molecular flexibility index (Phi) is 4.31. The van der Waals surface area contributed by atoms with Gasteiger partial charge in [0.2, 0.25) is 0 Å². The van der Waals surface area contributed by atoms with Crippen molar-refractivity contribution < 1.29 is 0 Å². The lowest BCUT2D eigenvalue weighted by atomic mass is 9.81. The Bertz CT molecular complexity index is 811. The molecule has 0 atom stereocenters. The molecule has 0 aromatic heterocycles. The van der Waals surface area contributed by atoms with Crippen molar-refractivity contribution in [2.24, 2.45) is 4.99 Å². The number of nitrogens with one attached hydrogen (secondary N) is 1. The molecule has 2 heteroatoms. The first-order valence-corrected chi connectivity index (χ1v) is 8.59. The molecule has 0 radical (unpaired) electrons. The molecule has 1 aliphatic carbocycles. The second-order valence-corrected chi connectivity index (χ2v) is 7.22. The summed E-state index contributed by atoms with van der Waals surface area (Å²) in [5.74, 6) is 0.463. The first-order valence-electron chi connectivity index (χ1n) is 8.59. The SMILES string of the molecule is CN=C/C=C\Nc1cc2c(cc1C(C)C)C(C)(C)c1ccccc1-2. The van der Waals surface area contributed by atoms with Crippen LogP contribution in [0.3, 0.4) is 0 Å². The normalized spacial score (nSPS) is 15.2. The Labute approximate surface area is 145 Å². The van der Waals surface area contributed by atoms with Crippen molar-refractivity contribution in [2.45, 2.75) is 39.0 Å². The Balaban J connectivity index is 2.15. The number of anilines is 1. The Morgan fingerprint density at radius 2 is 1.79 bits per heavy atom. The Morgan fingerprint density at radius 1 is 1.04 bits per heavy atom. The van der Waals surface area contributed by atoms with Gasteiger partial charge in [-0.2, -0.15) is 0 Å². The molecule has 2 aromatic carbocycles. The molecular formula is C22H26N2. The summed E-state index contributed by atoms with van der Waals surface area (Å²) in [6.45, 7) is 9.15. The van der Waals surface area contributed by atoms with Crippen molar-refractivity contribution in [3.8, 4) is 11.1 Å². The number of rotatable bonds is 4. The van der Waals surface area contributed by atoms with E-state index in [0.717, 1.165) is 0 Å². The van der Waals surface area contributed by atoms with Crippen LogP contribution in [0.4, 0.5) is 5.69 Å². The largest absolute Gasteiger partial charge is 0.361 e. The van der Waals surface area contributed by atoms with Crippen LogP contribution in [0.1, 0.15) is 50.3 Å². The number of fused-ring (bicyclic) bond motifs is 3. The minimum atomic E-state index is 0.0544. The van der Waals surface area contributed by atoms with Gasteiger partial charge < -0.3 is 5.32 Å². The van der Waals surface area contributed by atoms with Gasteiger partial charge in [0.15, 0.2) is 0 Å². The lowest BCUT2D eigenvalue weighted by Crippen LogP contribution is -2.15. The molecule has 0 heterocycles. The van der Waals surface area contributed by atoms with Crippen molar-refractivity contribution >= 4 is 11.9 Å². The third-order valence-corrected chi connectivity index (χ3v) is 4.95. The van der Waals surface area contributed by atoms with Gasteiger partial charge in [-0.25, -0.2) is 0 Å². The summed E-state index contributed by atoms with van der Waals surface area (Å²) in [7, 11) is 1.78. The van der Waals surface area contributed by atoms with Gasteiger partial charge >= 0.3 is 0 Å². The highest BCUT2D eigenvalue weighted by atomic mass is 14.8. The van der Waals surface area contributed by atoms with Crippen molar-refractivity contribution in [1.29, 1.82) is 0 Å². The molecule has 0 saturated carbocycles. The Hall–Kier alpha value is -2.35. The Morgan fingerprint density at radius 3 is 2.50 bits per heavy atom. The standard InChI is InChI=1S/C22H26N2/c1-15(2)17-13-20-18(14-21(17)24-12-8-11-23-5)16-9-6-7-10-19(16)22(20,3)4/h6-15,24H,1-5H3/b12-8-,23-11?. The molecule has 0 spiro atoms. The van der Waals surface area contributed by atoms with Gasteiger partial charge in [0.25, 0.3) is 0 Å². The molecule has 3 rings (SSSR count). The molecule has 2 nitrogen and oxygen atoms in total. The summed E-state index contributed by atoms with van der Waals surface area (Å²) in [6, 6.07) is 13.5. The van der Waals surface area contributed by atoms with E-state index in [4.69, 9.17) is 0 Å². The predicted octanol–water partition coefficient (Wildman–Crippen LogP) is 5.74. The van der Waals surface area contributed by atoms with Gasteiger partial charge in [-0.05, 0) is 45.9 Å². The van der Waals surface area contributed by atoms with Gasteiger partial charge in [0.05, 0.1) is 0 Å². The molecule has 124 valence electrons. The zero-order chi connectivity index (χ0) is 17.3. The maximum Gasteiger partial charge on any atom is 0.0421 e. The number of hydrogen-bond donors (Lipinski definition) is 1. The molecule has 1 aliphatic rings. The molecule has 1 N–H and O–H groups in total. The van der Waals surface area contributed by atoms with Crippen LogP contribution in [0.2, 0.25) is 0 Å². The zero-order valence-electron chi connectivity index (χ0n) is 15.2. The second kappa shape index (κ2) is 6.27. The van der Waals surface area contributed by atoms with Crippen LogP contribution in [0.5, 0.6) is 0 Å². The van der Waals surface area contributed by atoms with Crippen LogP contribution in [0.15, 0.2) is 53.7 Å². The molecule has 0 amide bonds. The van der Waals surface area contributed by atoms with Gasteiger partial charge in [-0.1, -0.05) is 58.0 Å². The molecule has 0 bridgehead atoms. The number of benzene rings is 2. The van der Waals surface area contributed by atoms with Gasteiger partial charge in [-0.15, -0.1) is 0 Å². The van der Waals surface area contributed by atoms with E-state index in [1.807, 2.05) is 12.3 Å². The summed E-state index contributed by atoms with van der Waals surface area (Å²) in [5.41, 5.74) is 8.14. The van der Waals surface area contributed by atoms with E-state index in [9.17, 15) is 0 Å². The summed E-state index contributed by atoms with van der Waals surface area (Å²) >= 11 is 0. The van der Waals surface area contributed by atoms with E-state index in [0.29, 0.717) is 5.92 Å². The first-order chi connectivity index (χ1) is 11.5. The predicted molar refractivity (Wildman–Crippen MR) is 105 cm³/mol. The smallest absolute Gasteiger partial charge is 0.0421 e. The van der Waals surface area contributed by atoms with Crippen LogP contribution < -0.4 is 5.32 Å². The quantitative estimate of drug-likeness (QED) is 0.714. The average molecular weight is 318 g/mol. The maximum absolute atomic E-state index is 3.98. The van der Waals surface area contributed by atoms with E-state index in [1.165, 1.54) is 33.5 Å². The van der Waals surface area contributed by atoms with E-state index < -0.39 is 0 Å². The minimum Gasteiger partial charge on any atom is -0.361 e. The number of hydrogen-bond acceptors (Lipinski definition) is 2. The maximum atomic E-state index is 3.98. The van der Waals surface area contributed by atoms with Crippen LogP contribution in [-0.4, -0.2) is 13.3 Å². The number of nitrogens with zero attached hydrogens (tertiary/aromatic N) is 1. The minimum absolute atomic E-state index is 0.0544. The zero-order valence-corrected chi connectivity index (χ0v) is 15.2. The topological polar surface area (TPSA) is 24.4 Å². The monoisotopic (exact) mass is 318 g/mol. The van der Waals surface area contributed by atoms with Gasteiger partial charge in [-0.3, -0.25) is 4.99 Å². The molecule has 2 aromatic rings. The summed E-state index contributed by atoms with van der Waals surface area (Å²) < 4.78 is 0. The number of allylic oxidation sites excluding steroid dienone is 1. The molecule has 0 fully saturated rings. The first kappa shape index (κ1) is 16.5. The van der Waals surface area contributed by atoms with Crippen LogP contribution in [-0.2, 0) is 5.41 Å². The van der Waals surface area contributed by atoms with Crippen LogP contribution in [0.25, 0.3) is 11.1 Å². The van der Waals surface area contributed by atoms with Crippen LogP contribution in [0, 0.1) is 0 Å². The third-order valence-electron chi connectivity index (χ3n) is 4.95. The fraction of sp³-hybridized carbons (Fsp3) is 0.318. The highest BCUT2D eigenvalue weighted by Crippen LogP contribution is 2.50. The van der Waals surface area contributed by atoms with E-state index in [2.05, 4.69) is 74.4 Å². The summed E-state index contributed by atoms with van der Waals surface area (Å²) in [5, 5.41) is 3.45. The molecular weight excluding hydrogens is 292 g/mol. The van der Waals surface area contributed by atoms with E-state index >= 15 is 0 Å². The lowest BCUT2D eigenvalue weighted by Gasteiger charge is -2.23. The molecule has 24 heavy (non-hydrogen) atoms. The van der Waals surface area contributed by atoms with E-state index in [-0.39, 0.29) is 5.41 Å². The summed E-state index contributed by atoms with van der Waals surface area (Å²) in [4.78, 5) is 3.98. The van der Waals surface area contributed by atoms with Crippen molar-refractivity contribution in [2.75, 3.05) is 12.4 Å². The molecule has 0 aliphatic heterocycles. The molecule has 0 saturated heterocycles. The van der Waals surface area contributed by atoms with Crippen molar-refractivity contribution in [3.63, 3.8) is 0 Å².